The number of rotatable bonds is 40. The summed E-state index contributed by atoms with van der Waals surface area (Å²) in [6.07, 6.45) is 44.5. The van der Waals surface area contributed by atoms with Crippen molar-refractivity contribution in [1.29, 1.82) is 0 Å². The van der Waals surface area contributed by atoms with Crippen LogP contribution in [-0.4, -0.2) is 74.9 Å². The van der Waals surface area contributed by atoms with Gasteiger partial charge < -0.3 is 18.9 Å². The van der Waals surface area contributed by atoms with Gasteiger partial charge in [0.1, 0.15) is 19.8 Å². The Hall–Kier alpha value is -2.03. The highest BCUT2D eigenvalue weighted by atomic mass is 31.2. The fourth-order valence-corrected chi connectivity index (χ4v) is 6.53. The number of hydrogen-bond donors (Lipinski definition) is 1. The van der Waals surface area contributed by atoms with Gasteiger partial charge in [-0.2, -0.15) is 0 Å². The van der Waals surface area contributed by atoms with E-state index >= 15 is 0 Å². The third-order valence-electron chi connectivity index (χ3n) is 9.33. The number of phosphoric ester groups is 1. The van der Waals surface area contributed by atoms with Gasteiger partial charge in [0.15, 0.2) is 6.10 Å². The normalized spacial score (nSPS) is 14.0. The monoisotopic (exact) mass is 811 g/mol. The van der Waals surface area contributed by atoms with E-state index in [9.17, 15) is 19.0 Å². The first kappa shape index (κ1) is 54.0. The van der Waals surface area contributed by atoms with Crippen molar-refractivity contribution in [2.24, 2.45) is 0 Å². The van der Waals surface area contributed by atoms with Crippen molar-refractivity contribution in [2.45, 2.75) is 187 Å². The molecule has 0 aliphatic heterocycles. The lowest BCUT2D eigenvalue weighted by atomic mass is 10.1. The van der Waals surface area contributed by atoms with E-state index in [2.05, 4.69) is 62.5 Å². The van der Waals surface area contributed by atoms with E-state index in [0.29, 0.717) is 17.4 Å². The fourth-order valence-electron chi connectivity index (χ4n) is 5.79. The maximum atomic E-state index is 12.7. The molecule has 56 heavy (non-hydrogen) atoms. The first-order valence-corrected chi connectivity index (χ1v) is 23.9. The Balaban J connectivity index is 4.46. The molecule has 0 saturated carbocycles. The number of likely N-dealkylation sites (N-methyl/N-ethyl adjacent to an activating group) is 1. The maximum Gasteiger partial charge on any atom is 0.472 e. The zero-order valence-corrected chi connectivity index (χ0v) is 37.5. The number of carbonyl (C=O) groups is 2. The predicted octanol–water partition coefficient (Wildman–Crippen LogP) is 12.7. The van der Waals surface area contributed by atoms with Crippen LogP contribution in [0.5, 0.6) is 0 Å². The lowest BCUT2D eigenvalue weighted by Crippen LogP contribution is -2.37. The molecule has 10 heteroatoms. The van der Waals surface area contributed by atoms with Crippen molar-refractivity contribution in [3.8, 4) is 0 Å². The fraction of sp³-hybridized carbons (Fsp3) is 0.783. The molecule has 0 heterocycles. The highest BCUT2D eigenvalue weighted by molar-refractivity contribution is 7.47. The molecule has 0 rings (SSSR count). The van der Waals surface area contributed by atoms with Crippen LogP contribution in [-0.2, 0) is 32.7 Å². The zero-order chi connectivity index (χ0) is 41.4. The standard InChI is InChI=1S/C46H84NO8P/c1-6-8-10-12-14-16-18-20-22-23-25-27-29-31-33-35-37-39-46(49)55-44(43-54-56(50,51)53-41-40-47(3,4)5)42-52-45(48)38-36-34-32-30-28-26-24-21-19-17-15-13-11-9-7-2/h20-22,24-25,27,31,33,44H,6-19,23,26,28-30,32,34-43H2,1-5H3/p+1/b22-20-,24-21-,27-25-,33-31-/t44-/m1/s1. The molecular formula is C46H85NO8P+. The molecular weight excluding hydrogens is 725 g/mol. The van der Waals surface area contributed by atoms with Crippen molar-refractivity contribution in [3.63, 3.8) is 0 Å². The van der Waals surface area contributed by atoms with Gasteiger partial charge in [-0.05, 0) is 70.6 Å². The van der Waals surface area contributed by atoms with Gasteiger partial charge in [0.25, 0.3) is 0 Å². The Labute approximate surface area is 343 Å². The Morgan fingerprint density at radius 1 is 0.554 bits per heavy atom. The van der Waals surface area contributed by atoms with Crippen molar-refractivity contribution >= 4 is 19.8 Å². The summed E-state index contributed by atoms with van der Waals surface area (Å²) in [5, 5.41) is 0. The summed E-state index contributed by atoms with van der Waals surface area (Å²) in [6.45, 7) is 4.34. The molecule has 0 aromatic carbocycles. The van der Waals surface area contributed by atoms with Crippen LogP contribution >= 0.6 is 7.82 Å². The second-order valence-corrected chi connectivity index (χ2v) is 17.5. The quantitative estimate of drug-likeness (QED) is 0.0214. The molecule has 0 aliphatic rings. The van der Waals surface area contributed by atoms with Gasteiger partial charge in [0.05, 0.1) is 27.7 Å². The van der Waals surface area contributed by atoms with Crippen LogP contribution in [0, 0.1) is 0 Å². The van der Waals surface area contributed by atoms with E-state index in [0.717, 1.165) is 64.2 Å². The van der Waals surface area contributed by atoms with Crippen molar-refractivity contribution in [1.82, 2.24) is 0 Å². The number of carbonyl (C=O) groups excluding carboxylic acids is 2. The van der Waals surface area contributed by atoms with E-state index < -0.39 is 32.5 Å². The Morgan fingerprint density at radius 2 is 0.982 bits per heavy atom. The van der Waals surface area contributed by atoms with Gasteiger partial charge in [0.2, 0.25) is 0 Å². The Morgan fingerprint density at radius 3 is 1.50 bits per heavy atom. The van der Waals surface area contributed by atoms with Crippen LogP contribution in [0.15, 0.2) is 48.6 Å². The summed E-state index contributed by atoms with van der Waals surface area (Å²) in [6, 6.07) is 0. The topological polar surface area (TPSA) is 108 Å². The number of allylic oxidation sites excluding steroid dienone is 8. The average Bonchev–Trinajstić information content (AvgIpc) is 3.15. The van der Waals surface area contributed by atoms with Crippen LogP contribution in [0.1, 0.15) is 181 Å². The van der Waals surface area contributed by atoms with Gasteiger partial charge in [-0.3, -0.25) is 18.6 Å². The first-order chi connectivity index (χ1) is 27.0. The van der Waals surface area contributed by atoms with Gasteiger partial charge in [-0.1, -0.05) is 146 Å². The molecule has 0 spiro atoms. The Bertz CT molecular complexity index is 1100. The minimum atomic E-state index is -4.39. The molecule has 0 aliphatic carbocycles. The minimum Gasteiger partial charge on any atom is -0.462 e. The predicted molar refractivity (Wildman–Crippen MR) is 233 cm³/mol. The van der Waals surface area contributed by atoms with E-state index in [-0.39, 0.29) is 26.1 Å². The first-order valence-electron chi connectivity index (χ1n) is 22.4. The minimum absolute atomic E-state index is 0.0202. The number of esters is 2. The van der Waals surface area contributed by atoms with Crippen molar-refractivity contribution in [3.05, 3.63) is 48.6 Å². The van der Waals surface area contributed by atoms with Crippen LogP contribution in [0.2, 0.25) is 0 Å². The highest BCUT2D eigenvalue weighted by Crippen LogP contribution is 2.43. The molecule has 0 fully saturated rings. The van der Waals surface area contributed by atoms with Crippen LogP contribution in [0.3, 0.4) is 0 Å². The molecule has 0 saturated heterocycles. The average molecular weight is 811 g/mol. The molecule has 0 amide bonds. The molecule has 0 aromatic heterocycles. The van der Waals surface area contributed by atoms with Gasteiger partial charge in [-0.15, -0.1) is 0 Å². The second-order valence-electron chi connectivity index (χ2n) is 16.1. The summed E-state index contributed by atoms with van der Waals surface area (Å²) in [5.41, 5.74) is 0. The molecule has 9 nitrogen and oxygen atoms in total. The van der Waals surface area contributed by atoms with Gasteiger partial charge >= 0.3 is 19.8 Å². The molecule has 0 radical (unpaired) electrons. The van der Waals surface area contributed by atoms with E-state index in [1.54, 1.807) is 0 Å². The number of unbranched alkanes of at least 4 members (excludes halogenated alkanes) is 18. The van der Waals surface area contributed by atoms with Gasteiger partial charge in [-0.25, -0.2) is 4.57 Å². The van der Waals surface area contributed by atoms with Crippen LogP contribution < -0.4 is 0 Å². The summed E-state index contributed by atoms with van der Waals surface area (Å²) in [7, 11) is 1.44. The smallest absolute Gasteiger partial charge is 0.462 e. The molecule has 326 valence electrons. The van der Waals surface area contributed by atoms with Crippen molar-refractivity contribution < 1.29 is 42.1 Å². The lowest BCUT2D eigenvalue weighted by molar-refractivity contribution is -0.870. The van der Waals surface area contributed by atoms with Gasteiger partial charge in [0, 0.05) is 12.8 Å². The third kappa shape index (κ3) is 41.6. The second kappa shape index (κ2) is 38.5. The van der Waals surface area contributed by atoms with E-state index in [1.807, 2.05) is 21.1 Å². The van der Waals surface area contributed by atoms with E-state index in [1.165, 1.54) is 83.5 Å². The molecule has 0 bridgehead atoms. The molecule has 1 N–H and O–H groups in total. The number of quaternary nitrogens is 1. The number of phosphoric acid groups is 1. The molecule has 2 atom stereocenters. The summed E-state index contributed by atoms with van der Waals surface area (Å²) >= 11 is 0. The molecule has 1 unspecified atom stereocenters. The largest absolute Gasteiger partial charge is 0.472 e. The highest BCUT2D eigenvalue weighted by Gasteiger charge is 2.27. The molecule has 0 aromatic rings. The Kier molecular flexibility index (Phi) is 37.1. The number of nitrogens with zero attached hydrogens (tertiary/aromatic N) is 1. The number of hydrogen-bond acceptors (Lipinski definition) is 7. The third-order valence-corrected chi connectivity index (χ3v) is 10.3. The summed E-state index contributed by atoms with van der Waals surface area (Å²) < 4.78 is 34.2. The SMILES string of the molecule is CCCCCCCC/C=C\C/C=C\C/C=C\CCCC(=O)O[C@H](COC(=O)CCCCCCC/C=C\CCCCCCCC)COP(=O)(O)OCC[N+](C)(C)C. The summed E-state index contributed by atoms with van der Waals surface area (Å²) in [5.74, 6) is -0.870. The van der Waals surface area contributed by atoms with Crippen LogP contribution in [0.25, 0.3) is 0 Å². The summed E-state index contributed by atoms with van der Waals surface area (Å²) in [4.78, 5) is 35.3. The number of ether oxygens (including phenoxy) is 2. The van der Waals surface area contributed by atoms with E-state index in [4.69, 9.17) is 18.5 Å². The van der Waals surface area contributed by atoms with Crippen molar-refractivity contribution in [2.75, 3.05) is 47.5 Å². The maximum absolute atomic E-state index is 12.7. The van der Waals surface area contributed by atoms with Crippen LogP contribution in [0.4, 0.5) is 0 Å². The zero-order valence-electron chi connectivity index (χ0n) is 36.6. The lowest BCUT2D eigenvalue weighted by Gasteiger charge is -2.24.